The Morgan fingerprint density at radius 3 is 2.29 bits per heavy atom. The number of benzene rings is 2. The van der Waals surface area contributed by atoms with Gasteiger partial charge in [0.1, 0.15) is 0 Å². The molecule has 1 fully saturated rings. The van der Waals surface area contributed by atoms with E-state index in [0.29, 0.717) is 25.9 Å². The van der Waals surface area contributed by atoms with Crippen molar-refractivity contribution in [3.05, 3.63) is 71.3 Å². The van der Waals surface area contributed by atoms with Crippen molar-refractivity contribution in [1.29, 1.82) is 0 Å². The molecule has 0 aromatic heterocycles. The molecule has 1 amide bonds. The third kappa shape index (κ3) is 5.92. The van der Waals surface area contributed by atoms with Crippen LogP contribution in [-0.4, -0.2) is 35.4 Å². The molecule has 0 bridgehead atoms. The Hall–Kier alpha value is -1.66. The Labute approximate surface area is 188 Å². The van der Waals surface area contributed by atoms with E-state index in [4.69, 9.17) is 0 Å². The smallest absolute Gasteiger partial charge is 0.548 e. The van der Waals surface area contributed by atoms with E-state index in [2.05, 4.69) is 29.6 Å². The van der Waals surface area contributed by atoms with Crippen molar-refractivity contribution in [1.82, 2.24) is 10.2 Å². The number of hydrogen-bond acceptors (Lipinski definition) is 4. The maximum atomic E-state index is 12.7. The predicted molar refractivity (Wildman–Crippen MR) is 102 cm³/mol. The number of nitrogens with one attached hydrogen (secondary N) is 1. The van der Waals surface area contributed by atoms with Crippen molar-refractivity contribution in [3.63, 3.8) is 0 Å². The van der Waals surface area contributed by atoms with Crippen molar-refractivity contribution in [2.24, 2.45) is 0 Å². The number of carboxylic acid groups (broad SMARTS) is 1. The van der Waals surface area contributed by atoms with Gasteiger partial charge in [-0.1, -0.05) is 60.2 Å². The minimum absolute atomic E-state index is 0. The number of aryl methyl sites for hydroxylation is 1. The molecule has 2 aromatic carbocycles. The molecule has 1 aliphatic heterocycles. The van der Waals surface area contributed by atoms with Crippen LogP contribution >= 0.6 is 0 Å². The van der Waals surface area contributed by atoms with Gasteiger partial charge in [-0.25, -0.2) is 0 Å². The van der Waals surface area contributed by atoms with E-state index >= 15 is 0 Å². The molecule has 6 heteroatoms. The van der Waals surface area contributed by atoms with E-state index in [9.17, 15) is 14.7 Å². The van der Waals surface area contributed by atoms with Crippen LogP contribution in [0.4, 0.5) is 0 Å². The number of aliphatic carboxylic acids is 1. The van der Waals surface area contributed by atoms with E-state index in [1.165, 1.54) is 11.1 Å². The van der Waals surface area contributed by atoms with Gasteiger partial charge in [0.2, 0.25) is 5.91 Å². The molecule has 142 valence electrons. The Balaban J connectivity index is 0.00000280. The molecule has 0 aliphatic carbocycles. The van der Waals surface area contributed by atoms with Crippen molar-refractivity contribution < 1.29 is 44.3 Å². The van der Waals surface area contributed by atoms with Gasteiger partial charge in [-0.3, -0.25) is 9.69 Å². The van der Waals surface area contributed by atoms with Crippen molar-refractivity contribution in [2.45, 2.75) is 44.8 Å². The monoisotopic (exact) mass is 388 g/mol. The molecule has 0 radical (unpaired) electrons. The molecule has 5 nitrogen and oxygen atoms in total. The summed E-state index contributed by atoms with van der Waals surface area (Å²) in [6.07, 6.45) is 1.72. The van der Waals surface area contributed by atoms with Crippen LogP contribution in [-0.2, 0) is 22.6 Å². The van der Waals surface area contributed by atoms with E-state index in [-0.39, 0.29) is 35.5 Å². The van der Waals surface area contributed by atoms with E-state index in [1.807, 2.05) is 37.3 Å². The van der Waals surface area contributed by atoms with Crippen LogP contribution in [0.5, 0.6) is 0 Å². The summed E-state index contributed by atoms with van der Waals surface area (Å²) in [5.74, 6) is -1.22. The first-order valence-corrected chi connectivity index (χ1v) is 9.38. The molecule has 1 N–H and O–H groups in total. The predicted octanol–water partition coefficient (Wildman–Crippen LogP) is -1.56. The topological polar surface area (TPSA) is 72.5 Å². The summed E-state index contributed by atoms with van der Waals surface area (Å²) < 4.78 is 0. The van der Waals surface area contributed by atoms with Gasteiger partial charge in [0.25, 0.3) is 0 Å². The fourth-order valence-corrected chi connectivity index (χ4v) is 3.62. The Morgan fingerprint density at radius 1 is 1.00 bits per heavy atom. The zero-order valence-electron chi connectivity index (χ0n) is 16.6. The number of likely N-dealkylation sites (tertiary alicyclic amines) is 1. The summed E-state index contributed by atoms with van der Waals surface area (Å²) in [5.41, 5.74) is 3.36. The Bertz CT molecular complexity index is 780. The summed E-state index contributed by atoms with van der Waals surface area (Å²) in [7, 11) is 0. The average Bonchev–Trinajstić information content (AvgIpc) is 3.08. The van der Waals surface area contributed by atoms with Crippen molar-refractivity contribution in [3.8, 4) is 0 Å². The number of rotatable bonds is 7. The Kier molecular flexibility index (Phi) is 8.70. The van der Waals surface area contributed by atoms with Crippen LogP contribution in [0.3, 0.4) is 0 Å². The van der Waals surface area contributed by atoms with Gasteiger partial charge >= 0.3 is 29.6 Å². The van der Waals surface area contributed by atoms with Gasteiger partial charge in [0.15, 0.2) is 0 Å². The number of amides is 1. The van der Waals surface area contributed by atoms with Gasteiger partial charge < -0.3 is 15.2 Å². The molecule has 2 atom stereocenters. The second-order valence-electron chi connectivity index (χ2n) is 7.11. The number of carbonyl (C=O) groups is 2. The largest absolute Gasteiger partial charge is 1.00 e. The van der Waals surface area contributed by atoms with Gasteiger partial charge in [-0.2, -0.15) is 0 Å². The van der Waals surface area contributed by atoms with Crippen molar-refractivity contribution in [2.75, 3.05) is 6.54 Å². The number of carbonyl (C=O) groups excluding carboxylic acids is 2. The molecule has 0 saturated carbocycles. The van der Waals surface area contributed by atoms with Crippen LogP contribution < -0.4 is 40.0 Å². The van der Waals surface area contributed by atoms with E-state index < -0.39 is 18.1 Å². The zero-order valence-corrected chi connectivity index (χ0v) is 18.6. The molecular weight excluding hydrogens is 363 g/mol. The van der Waals surface area contributed by atoms with Crippen molar-refractivity contribution >= 4 is 11.9 Å². The van der Waals surface area contributed by atoms with Crippen LogP contribution in [0.2, 0.25) is 0 Å². The van der Waals surface area contributed by atoms with E-state index in [1.54, 1.807) is 4.90 Å². The van der Waals surface area contributed by atoms with Crippen LogP contribution in [0.1, 0.15) is 29.5 Å². The summed E-state index contributed by atoms with van der Waals surface area (Å²) in [6.45, 7) is 3.00. The molecule has 0 spiro atoms. The second kappa shape index (κ2) is 10.8. The van der Waals surface area contributed by atoms with Crippen LogP contribution in [0.25, 0.3) is 0 Å². The molecule has 2 unspecified atom stereocenters. The van der Waals surface area contributed by atoms with Gasteiger partial charge in [0, 0.05) is 13.1 Å². The molecule has 3 rings (SSSR count). The quantitative estimate of drug-likeness (QED) is 0.583. The summed E-state index contributed by atoms with van der Waals surface area (Å²) in [5, 5.41) is 14.5. The molecular formula is C22H25N2NaO3. The number of carboxylic acids is 1. The molecule has 28 heavy (non-hydrogen) atoms. The maximum absolute atomic E-state index is 12.7. The minimum Gasteiger partial charge on any atom is -0.548 e. The SMILES string of the molecule is Cc1ccc(CCNC(=O)C2CCC(C(=O)[O-])N2Cc2ccccc2)cc1.[Na+]. The number of hydrogen-bond donors (Lipinski definition) is 1. The molecule has 2 aromatic rings. The first kappa shape index (κ1) is 22.6. The van der Waals surface area contributed by atoms with Gasteiger partial charge in [-0.15, -0.1) is 0 Å². The maximum Gasteiger partial charge on any atom is 1.00 e. The van der Waals surface area contributed by atoms with E-state index in [0.717, 1.165) is 12.0 Å². The normalized spacial score (nSPS) is 19.0. The fourth-order valence-electron chi connectivity index (χ4n) is 3.62. The zero-order chi connectivity index (χ0) is 19.2. The fraction of sp³-hybridized carbons (Fsp3) is 0.364. The van der Waals surface area contributed by atoms with Crippen LogP contribution in [0, 0.1) is 6.92 Å². The molecule has 1 aliphatic rings. The van der Waals surface area contributed by atoms with Gasteiger partial charge in [0.05, 0.1) is 18.1 Å². The van der Waals surface area contributed by atoms with Gasteiger partial charge in [-0.05, 0) is 37.3 Å². The minimum atomic E-state index is -1.11. The van der Waals surface area contributed by atoms with Crippen LogP contribution in [0.15, 0.2) is 54.6 Å². The summed E-state index contributed by atoms with van der Waals surface area (Å²) >= 11 is 0. The summed E-state index contributed by atoms with van der Waals surface area (Å²) in [6, 6.07) is 16.7. The molecule has 1 heterocycles. The standard InChI is InChI=1S/C22H26N2O3.Na/c1-16-7-9-17(10-8-16)13-14-23-21(25)19-11-12-20(22(26)27)24(19)15-18-5-3-2-4-6-18;/h2-10,19-20H,11-15H2,1H3,(H,23,25)(H,26,27);/q;+1/p-1. The summed E-state index contributed by atoms with van der Waals surface area (Å²) in [4.78, 5) is 26.0. The average molecular weight is 388 g/mol. The third-order valence-corrected chi connectivity index (χ3v) is 5.13. The first-order chi connectivity index (χ1) is 13.0. The Morgan fingerprint density at radius 2 is 1.64 bits per heavy atom. The second-order valence-corrected chi connectivity index (χ2v) is 7.11. The number of nitrogens with zero attached hydrogens (tertiary/aromatic N) is 1. The first-order valence-electron chi connectivity index (χ1n) is 9.38. The molecule has 1 saturated heterocycles. The third-order valence-electron chi connectivity index (χ3n) is 5.13.